The first kappa shape index (κ1) is 16.8. The number of ketones is 1. The second-order valence-electron chi connectivity index (χ2n) is 4.90. The molecule has 2 N–H and O–H groups in total. The number of rotatable bonds is 5. The van der Waals surface area contributed by atoms with Crippen molar-refractivity contribution in [1.82, 2.24) is 0 Å². The van der Waals surface area contributed by atoms with Crippen LogP contribution in [0.4, 0.5) is 5.69 Å². The van der Waals surface area contributed by atoms with Crippen LogP contribution in [0.5, 0.6) is 5.75 Å². The Balaban J connectivity index is 2.16. The summed E-state index contributed by atoms with van der Waals surface area (Å²) in [6.07, 6.45) is 0. The summed E-state index contributed by atoms with van der Waals surface area (Å²) in [4.78, 5) is 23.5. The van der Waals surface area contributed by atoms with Crippen molar-refractivity contribution < 1.29 is 19.1 Å². The second kappa shape index (κ2) is 7.15. The molecule has 6 heteroatoms. The molecule has 0 heterocycles. The average molecular weight is 334 g/mol. The Morgan fingerprint density at radius 1 is 1.13 bits per heavy atom. The summed E-state index contributed by atoms with van der Waals surface area (Å²) < 4.78 is 10.5. The van der Waals surface area contributed by atoms with Crippen molar-refractivity contribution in [2.24, 2.45) is 0 Å². The third-order valence-electron chi connectivity index (χ3n) is 3.28. The molecule has 0 radical (unpaired) electrons. The molecule has 0 spiro atoms. The highest BCUT2D eigenvalue weighted by molar-refractivity contribution is 6.33. The number of anilines is 1. The Hall–Kier alpha value is -2.53. The molecule has 0 fully saturated rings. The van der Waals surface area contributed by atoms with Crippen molar-refractivity contribution in [3.8, 4) is 5.75 Å². The fourth-order valence-corrected chi connectivity index (χ4v) is 2.13. The van der Waals surface area contributed by atoms with Gasteiger partial charge in [0.2, 0.25) is 0 Å². The fraction of sp³-hybridized carbons (Fsp3) is 0.176. The molecule has 2 aromatic rings. The molecule has 0 amide bonds. The minimum atomic E-state index is -0.538. The third-order valence-corrected chi connectivity index (χ3v) is 3.62. The molecule has 2 aromatic carbocycles. The second-order valence-corrected chi connectivity index (χ2v) is 5.30. The van der Waals surface area contributed by atoms with Crippen LogP contribution in [0.25, 0.3) is 0 Å². The maximum absolute atomic E-state index is 12.1. The summed E-state index contributed by atoms with van der Waals surface area (Å²) in [6, 6.07) is 9.49. The van der Waals surface area contributed by atoms with Crippen LogP contribution in [-0.4, -0.2) is 18.9 Å². The van der Waals surface area contributed by atoms with Crippen LogP contribution in [0.15, 0.2) is 36.4 Å². The van der Waals surface area contributed by atoms with Crippen molar-refractivity contribution in [2.45, 2.75) is 13.5 Å². The zero-order valence-corrected chi connectivity index (χ0v) is 13.5. The lowest BCUT2D eigenvalue weighted by atomic mass is 10.1. The molecular formula is C17H16ClNO4. The number of halogens is 1. The van der Waals surface area contributed by atoms with Gasteiger partial charge in [0.1, 0.15) is 12.4 Å². The molecule has 5 nitrogen and oxygen atoms in total. The zero-order chi connectivity index (χ0) is 17.0. The van der Waals surface area contributed by atoms with E-state index in [1.54, 1.807) is 18.2 Å². The number of carbonyl (C=O) groups excluding carboxylic acids is 2. The maximum atomic E-state index is 12.1. The minimum Gasteiger partial charge on any atom is -0.496 e. The van der Waals surface area contributed by atoms with E-state index in [0.717, 1.165) is 0 Å². The number of benzene rings is 2. The average Bonchev–Trinajstić information content (AvgIpc) is 2.54. The third kappa shape index (κ3) is 4.02. The van der Waals surface area contributed by atoms with Gasteiger partial charge in [0.15, 0.2) is 5.78 Å². The highest BCUT2D eigenvalue weighted by atomic mass is 35.5. The molecule has 2 rings (SSSR count). The van der Waals surface area contributed by atoms with Crippen molar-refractivity contribution in [2.75, 3.05) is 12.8 Å². The van der Waals surface area contributed by atoms with E-state index in [2.05, 4.69) is 0 Å². The zero-order valence-electron chi connectivity index (χ0n) is 12.8. The van der Waals surface area contributed by atoms with Gasteiger partial charge in [0.25, 0.3) is 0 Å². The predicted molar refractivity (Wildman–Crippen MR) is 88.0 cm³/mol. The van der Waals surface area contributed by atoms with Gasteiger partial charge in [-0.2, -0.15) is 0 Å². The highest BCUT2D eigenvalue weighted by Gasteiger charge is 2.12. The van der Waals surface area contributed by atoms with Crippen molar-refractivity contribution in [3.05, 3.63) is 58.1 Å². The molecule has 23 heavy (non-hydrogen) atoms. The van der Waals surface area contributed by atoms with Gasteiger partial charge in [0.05, 0.1) is 23.4 Å². The number of ether oxygens (including phenoxy) is 2. The Kier molecular flexibility index (Phi) is 5.24. The van der Waals surface area contributed by atoms with Crippen LogP contribution in [0.1, 0.15) is 33.2 Å². The summed E-state index contributed by atoms with van der Waals surface area (Å²) in [5.74, 6) is -0.0761. The van der Waals surface area contributed by atoms with Gasteiger partial charge >= 0.3 is 5.97 Å². The number of carbonyl (C=O) groups is 2. The first-order valence-corrected chi connectivity index (χ1v) is 7.20. The first-order chi connectivity index (χ1) is 10.9. The number of nitrogen functional groups attached to an aromatic ring is 1. The van der Waals surface area contributed by atoms with Crippen LogP contribution in [-0.2, 0) is 11.3 Å². The van der Waals surface area contributed by atoms with Crippen LogP contribution < -0.4 is 10.5 Å². The Labute approximate surface area is 139 Å². The van der Waals surface area contributed by atoms with E-state index in [1.807, 2.05) is 0 Å². The summed E-state index contributed by atoms with van der Waals surface area (Å²) >= 11 is 5.82. The van der Waals surface area contributed by atoms with Gasteiger partial charge in [-0.15, -0.1) is 0 Å². The first-order valence-electron chi connectivity index (χ1n) is 6.82. The minimum absolute atomic E-state index is 0.0222. The van der Waals surface area contributed by atoms with E-state index in [9.17, 15) is 9.59 Å². The van der Waals surface area contributed by atoms with E-state index < -0.39 is 5.97 Å². The summed E-state index contributed by atoms with van der Waals surface area (Å²) in [5, 5.41) is 0.373. The Morgan fingerprint density at radius 2 is 1.83 bits per heavy atom. The highest BCUT2D eigenvalue weighted by Crippen LogP contribution is 2.23. The lowest BCUT2D eigenvalue weighted by Gasteiger charge is -2.11. The van der Waals surface area contributed by atoms with Gasteiger partial charge in [-0.25, -0.2) is 4.79 Å². The summed E-state index contributed by atoms with van der Waals surface area (Å²) in [7, 11) is 1.51. The SMILES string of the molecule is COc1ccc(C(C)=O)cc1COC(=O)c1ccc(Cl)c(N)c1. The lowest BCUT2D eigenvalue weighted by molar-refractivity contribution is 0.0470. The van der Waals surface area contributed by atoms with Gasteiger partial charge < -0.3 is 15.2 Å². The molecule has 0 saturated carbocycles. The van der Waals surface area contributed by atoms with E-state index in [0.29, 0.717) is 33.1 Å². The molecule has 0 aliphatic rings. The number of methoxy groups -OCH3 is 1. The molecule has 120 valence electrons. The number of hydrogen-bond acceptors (Lipinski definition) is 5. The number of Topliss-reactive ketones (excluding diaryl/α,β-unsaturated/α-hetero) is 1. The maximum Gasteiger partial charge on any atom is 0.338 e. The monoisotopic (exact) mass is 333 g/mol. The van der Waals surface area contributed by atoms with Gasteiger partial charge in [-0.1, -0.05) is 11.6 Å². The fourth-order valence-electron chi connectivity index (χ4n) is 2.01. The largest absolute Gasteiger partial charge is 0.496 e. The molecule has 0 aliphatic heterocycles. The molecule has 0 bridgehead atoms. The van der Waals surface area contributed by atoms with Crippen LogP contribution in [0.2, 0.25) is 5.02 Å². The van der Waals surface area contributed by atoms with E-state index >= 15 is 0 Å². The van der Waals surface area contributed by atoms with Gasteiger partial charge in [-0.3, -0.25) is 4.79 Å². The van der Waals surface area contributed by atoms with Crippen LogP contribution in [0, 0.1) is 0 Å². The van der Waals surface area contributed by atoms with Crippen molar-refractivity contribution in [3.63, 3.8) is 0 Å². The molecule has 0 atom stereocenters. The van der Waals surface area contributed by atoms with Crippen molar-refractivity contribution in [1.29, 1.82) is 0 Å². The number of esters is 1. The van der Waals surface area contributed by atoms with Crippen molar-refractivity contribution >= 4 is 29.0 Å². The predicted octanol–water partition coefficient (Wildman–Crippen LogP) is 3.49. The van der Waals surface area contributed by atoms with Gasteiger partial charge in [-0.05, 0) is 43.3 Å². The standard InChI is InChI=1S/C17H16ClNO4/c1-10(20)11-4-6-16(22-2)13(7-11)9-23-17(21)12-3-5-14(18)15(19)8-12/h3-8H,9,19H2,1-2H3. The van der Waals surface area contributed by atoms with Crippen LogP contribution >= 0.6 is 11.6 Å². The quantitative estimate of drug-likeness (QED) is 0.515. The van der Waals surface area contributed by atoms with E-state index in [1.165, 1.54) is 32.2 Å². The Bertz CT molecular complexity index is 758. The van der Waals surface area contributed by atoms with Crippen LogP contribution in [0.3, 0.4) is 0 Å². The topological polar surface area (TPSA) is 78.6 Å². The number of hydrogen-bond donors (Lipinski definition) is 1. The van der Waals surface area contributed by atoms with E-state index in [-0.39, 0.29) is 12.4 Å². The summed E-state index contributed by atoms with van der Waals surface area (Å²) in [6.45, 7) is 1.44. The Morgan fingerprint density at radius 3 is 2.43 bits per heavy atom. The molecular weight excluding hydrogens is 318 g/mol. The molecule has 0 saturated heterocycles. The van der Waals surface area contributed by atoms with Gasteiger partial charge in [0, 0.05) is 11.1 Å². The summed E-state index contributed by atoms with van der Waals surface area (Å²) in [5.41, 5.74) is 7.40. The normalized spacial score (nSPS) is 10.2. The molecule has 0 unspecified atom stereocenters. The molecule has 0 aromatic heterocycles. The smallest absolute Gasteiger partial charge is 0.338 e. The van der Waals surface area contributed by atoms with E-state index in [4.69, 9.17) is 26.8 Å². The number of nitrogens with two attached hydrogens (primary N) is 1. The lowest BCUT2D eigenvalue weighted by Crippen LogP contribution is -2.07. The molecule has 0 aliphatic carbocycles.